The first-order chi connectivity index (χ1) is 10.4. The summed E-state index contributed by atoms with van der Waals surface area (Å²) in [7, 11) is 3.97. The molecule has 0 saturated heterocycles. The zero-order valence-corrected chi connectivity index (χ0v) is 14.4. The quantitative estimate of drug-likeness (QED) is 0.801. The van der Waals surface area contributed by atoms with Gasteiger partial charge in [-0.05, 0) is 50.7 Å². The molecule has 1 aliphatic rings. The van der Waals surface area contributed by atoms with Crippen LogP contribution in [0.4, 0.5) is 14.5 Å². The van der Waals surface area contributed by atoms with Crippen LogP contribution in [-0.4, -0.2) is 43.9 Å². The predicted molar refractivity (Wildman–Crippen MR) is 87.5 cm³/mol. The number of hydrogen-bond donors (Lipinski definition) is 0. The van der Waals surface area contributed by atoms with Gasteiger partial charge >= 0.3 is 0 Å². The van der Waals surface area contributed by atoms with Crippen LogP contribution in [-0.2, 0) is 11.2 Å². The van der Waals surface area contributed by atoms with Gasteiger partial charge in [0, 0.05) is 35.6 Å². The van der Waals surface area contributed by atoms with Gasteiger partial charge in [0.1, 0.15) is 0 Å². The van der Waals surface area contributed by atoms with Crippen LogP contribution in [0.3, 0.4) is 0 Å². The molecule has 1 heterocycles. The molecule has 1 aromatic rings. The molecule has 22 heavy (non-hydrogen) atoms. The van der Waals surface area contributed by atoms with Gasteiger partial charge in [0.2, 0.25) is 12.3 Å². The van der Waals surface area contributed by atoms with E-state index in [0.717, 1.165) is 28.6 Å². The number of carbonyl (C=O) groups is 1. The summed E-state index contributed by atoms with van der Waals surface area (Å²) in [5.41, 5.74) is 1.94. The highest BCUT2D eigenvalue weighted by Crippen LogP contribution is 2.30. The number of amides is 1. The molecule has 122 valence electrons. The molecular weight excluding hydrogens is 354 g/mol. The van der Waals surface area contributed by atoms with Gasteiger partial charge in [-0.1, -0.05) is 15.9 Å². The number of carbonyl (C=O) groups excluding carboxylic acids is 1. The number of hydrogen-bond acceptors (Lipinski definition) is 2. The first kappa shape index (κ1) is 17.3. The van der Waals surface area contributed by atoms with Crippen LogP contribution < -0.4 is 4.90 Å². The van der Waals surface area contributed by atoms with Crippen LogP contribution in [0.15, 0.2) is 22.7 Å². The van der Waals surface area contributed by atoms with E-state index in [9.17, 15) is 13.6 Å². The Kier molecular flexibility index (Phi) is 5.92. The average Bonchev–Trinajstić information content (AvgIpc) is 2.64. The molecule has 0 radical (unpaired) electrons. The third-order valence-electron chi connectivity index (χ3n) is 4.08. The lowest BCUT2D eigenvalue weighted by molar-refractivity contribution is -0.119. The minimum absolute atomic E-state index is 0.118. The number of halogens is 3. The molecule has 1 unspecified atom stereocenters. The molecule has 2 rings (SSSR count). The average molecular weight is 375 g/mol. The van der Waals surface area contributed by atoms with E-state index in [1.54, 1.807) is 4.90 Å². The lowest BCUT2D eigenvalue weighted by Crippen LogP contribution is -2.42. The molecule has 0 N–H and O–H groups in total. The normalized spacial score (nSPS) is 18.5. The Balaban J connectivity index is 2.28. The minimum atomic E-state index is -2.44. The summed E-state index contributed by atoms with van der Waals surface area (Å²) in [6.07, 6.45) is -1.13. The van der Waals surface area contributed by atoms with E-state index in [-0.39, 0.29) is 24.8 Å². The molecule has 3 nitrogen and oxygen atoms in total. The SMILES string of the molecule is CN(C)C1CCc2cc(Br)ccc2N(C(=O)CCC(F)F)C1. The standard InChI is InChI=1S/C16H21BrF2N2O/c1-20(2)13-5-3-11-9-12(17)4-6-14(11)21(10-13)16(22)8-7-15(18)19/h4,6,9,13,15H,3,5,7-8,10H2,1-2H3. The van der Waals surface area contributed by atoms with Crippen molar-refractivity contribution in [1.82, 2.24) is 4.90 Å². The zero-order chi connectivity index (χ0) is 16.3. The van der Waals surface area contributed by atoms with Gasteiger partial charge in [-0.2, -0.15) is 0 Å². The van der Waals surface area contributed by atoms with Crippen molar-refractivity contribution >= 4 is 27.5 Å². The largest absolute Gasteiger partial charge is 0.311 e. The number of nitrogens with zero attached hydrogens (tertiary/aromatic N) is 2. The Morgan fingerprint density at radius 3 is 2.82 bits per heavy atom. The molecule has 0 aromatic heterocycles. The highest BCUT2D eigenvalue weighted by molar-refractivity contribution is 9.10. The van der Waals surface area contributed by atoms with Gasteiger partial charge in [0.15, 0.2) is 0 Å². The van der Waals surface area contributed by atoms with Crippen molar-refractivity contribution in [1.29, 1.82) is 0 Å². The fourth-order valence-electron chi connectivity index (χ4n) is 2.77. The van der Waals surface area contributed by atoms with Crippen LogP contribution >= 0.6 is 15.9 Å². The van der Waals surface area contributed by atoms with Crippen LogP contribution in [0.25, 0.3) is 0 Å². The van der Waals surface area contributed by atoms with Crippen molar-refractivity contribution in [3.8, 4) is 0 Å². The van der Waals surface area contributed by atoms with Gasteiger partial charge in [-0.25, -0.2) is 8.78 Å². The van der Waals surface area contributed by atoms with Crippen molar-refractivity contribution in [2.45, 2.75) is 38.2 Å². The molecule has 0 bridgehead atoms. The fourth-order valence-corrected chi connectivity index (χ4v) is 3.17. The van der Waals surface area contributed by atoms with Gasteiger partial charge in [0.05, 0.1) is 0 Å². The van der Waals surface area contributed by atoms with Crippen molar-refractivity contribution < 1.29 is 13.6 Å². The molecular formula is C16H21BrF2N2O. The van der Waals surface area contributed by atoms with Crippen molar-refractivity contribution in [2.75, 3.05) is 25.5 Å². The Morgan fingerprint density at radius 2 is 2.18 bits per heavy atom. The molecule has 6 heteroatoms. The second-order valence-electron chi connectivity index (χ2n) is 5.86. The topological polar surface area (TPSA) is 23.6 Å². The summed E-state index contributed by atoms with van der Waals surface area (Å²) < 4.78 is 25.8. The Hall–Kier alpha value is -1.01. The molecule has 0 aliphatic carbocycles. The number of alkyl halides is 2. The Labute approximate surface area is 138 Å². The van der Waals surface area contributed by atoms with Gasteiger partial charge in [0.25, 0.3) is 0 Å². The second-order valence-corrected chi connectivity index (χ2v) is 6.78. The Bertz CT molecular complexity index is 537. The summed E-state index contributed by atoms with van der Waals surface area (Å²) in [6.45, 7) is 0.545. The Morgan fingerprint density at radius 1 is 1.45 bits per heavy atom. The number of benzene rings is 1. The molecule has 1 aliphatic heterocycles. The summed E-state index contributed by atoms with van der Waals surface area (Å²) >= 11 is 3.45. The fraction of sp³-hybridized carbons (Fsp3) is 0.562. The lowest BCUT2D eigenvalue weighted by atomic mass is 10.1. The second kappa shape index (κ2) is 7.51. The minimum Gasteiger partial charge on any atom is -0.311 e. The lowest BCUT2D eigenvalue weighted by Gasteiger charge is -2.29. The number of likely N-dealkylation sites (N-methyl/N-ethyl adjacent to an activating group) is 1. The molecule has 1 aromatic carbocycles. The molecule has 1 amide bonds. The number of fused-ring (bicyclic) bond motifs is 1. The first-order valence-electron chi connectivity index (χ1n) is 7.42. The predicted octanol–water partition coefficient (Wildman–Crippen LogP) is 3.70. The molecule has 0 spiro atoms. The van der Waals surface area contributed by atoms with E-state index >= 15 is 0 Å². The first-order valence-corrected chi connectivity index (χ1v) is 8.21. The smallest absolute Gasteiger partial charge is 0.239 e. The maximum atomic E-state index is 12.4. The van der Waals surface area contributed by atoms with E-state index in [2.05, 4.69) is 20.8 Å². The van der Waals surface area contributed by atoms with E-state index in [4.69, 9.17) is 0 Å². The van der Waals surface area contributed by atoms with Crippen molar-refractivity contribution in [3.63, 3.8) is 0 Å². The van der Waals surface area contributed by atoms with Crippen LogP contribution in [0.1, 0.15) is 24.8 Å². The van der Waals surface area contributed by atoms with E-state index < -0.39 is 6.43 Å². The van der Waals surface area contributed by atoms with E-state index in [0.29, 0.717) is 6.54 Å². The highest BCUT2D eigenvalue weighted by atomic mass is 79.9. The summed E-state index contributed by atoms with van der Waals surface area (Å²) in [4.78, 5) is 16.2. The van der Waals surface area contributed by atoms with Crippen LogP contribution in [0.2, 0.25) is 0 Å². The third kappa shape index (κ3) is 4.26. The third-order valence-corrected chi connectivity index (χ3v) is 4.57. The van der Waals surface area contributed by atoms with Crippen molar-refractivity contribution in [2.24, 2.45) is 0 Å². The van der Waals surface area contributed by atoms with E-state index in [1.165, 1.54) is 0 Å². The van der Waals surface area contributed by atoms with Crippen LogP contribution in [0, 0.1) is 0 Å². The number of aryl methyl sites for hydroxylation is 1. The molecule has 0 fully saturated rings. The van der Waals surface area contributed by atoms with Gasteiger partial charge < -0.3 is 9.80 Å². The number of anilines is 1. The van der Waals surface area contributed by atoms with Gasteiger partial charge in [-0.3, -0.25) is 4.79 Å². The summed E-state index contributed by atoms with van der Waals surface area (Å²) in [6, 6.07) is 6.03. The molecule has 1 atom stereocenters. The number of rotatable bonds is 4. The molecule has 0 saturated carbocycles. The summed E-state index contributed by atoms with van der Waals surface area (Å²) in [5, 5.41) is 0. The van der Waals surface area contributed by atoms with Crippen molar-refractivity contribution in [3.05, 3.63) is 28.2 Å². The maximum Gasteiger partial charge on any atom is 0.239 e. The monoisotopic (exact) mass is 374 g/mol. The zero-order valence-electron chi connectivity index (χ0n) is 12.9. The van der Waals surface area contributed by atoms with Gasteiger partial charge in [-0.15, -0.1) is 0 Å². The maximum absolute atomic E-state index is 12.4. The highest BCUT2D eigenvalue weighted by Gasteiger charge is 2.27. The summed E-state index contributed by atoms with van der Waals surface area (Å²) in [5.74, 6) is -0.224. The van der Waals surface area contributed by atoms with Crippen LogP contribution in [0.5, 0.6) is 0 Å². The van der Waals surface area contributed by atoms with E-state index in [1.807, 2.05) is 32.3 Å².